The minimum atomic E-state index is 0.815. The van der Waals surface area contributed by atoms with Crippen molar-refractivity contribution in [1.82, 2.24) is 5.32 Å². The topological polar surface area (TPSA) is 34.4 Å². The van der Waals surface area contributed by atoms with Crippen molar-refractivity contribution in [3.8, 4) is 5.75 Å². The highest BCUT2D eigenvalue weighted by Gasteiger charge is 2.19. The van der Waals surface area contributed by atoms with Crippen LogP contribution in [0.15, 0.2) is 28.9 Å². The summed E-state index contributed by atoms with van der Waals surface area (Å²) in [6.45, 7) is 2.28. The molecule has 1 heterocycles. The largest absolute Gasteiger partial charge is 0.493 e. The monoisotopic (exact) mass is 259 g/mol. The van der Waals surface area contributed by atoms with Gasteiger partial charge < -0.3 is 14.5 Å². The van der Waals surface area contributed by atoms with Crippen LogP contribution in [0.2, 0.25) is 0 Å². The van der Waals surface area contributed by atoms with Crippen LogP contribution in [-0.2, 0) is 6.42 Å². The molecule has 102 valence electrons. The summed E-state index contributed by atoms with van der Waals surface area (Å²) in [7, 11) is 1.68. The van der Waals surface area contributed by atoms with Crippen molar-refractivity contribution in [3.63, 3.8) is 0 Å². The summed E-state index contributed by atoms with van der Waals surface area (Å²) in [6.07, 6.45) is 6.91. The fraction of sp³-hybridized carbons (Fsp3) is 0.500. The van der Waals surface area contributed by atoms with E-state index in [4.69, 9.17) is 9.15 Å². The van der Waals surface area contributed by atoms with Crippen LogP contribution in [-0.4, -0.2) is 20.2 Å². The van der Waals surface area contributed by atoms with Crippen LogP contribution >= 0.6 is 0 Å². The van der Waals surface area contributed by atoms with Gasteiger partial charge in [-0.1, -0.05) is 12.1 Å². The Labute approximate surface area is 113 Å². The van der Waals surface area contributed by atoms with Gasteiger partial charge in [-0.25, -0.2) is 0 Å². The Morgan fingerprint density at radius 2 is 2.26 bits per heavy atom. The Balaban J connectivity index is 1.57. The summed E-state index contributed by atoms with van der Waals surface area (Å²) in [5.41, 5.74) is 2.15. The highest BCUT2D eigenvalue weighted by atomic mass is 16.5. The van der Waals surface area contributed by atoms with Crippen LogP contribution in [0.25, 0.3) is 11.0 Å². The van der Waals surface area contributed by atoms with E-state index in [1.807, 2.05) is 18.4 Å². The van der Waals surface area contributed by atoms with E-state index in [1.54, 1.807) is 7.11 Å². The van der Waals surface area contributed by atoms with E-state index in [0.29, 0.717) is 0 Å². The molecule has 0 amide bonds. The third-order valence-electron chi connectivity index (χ3n) is 3.79. The predicted octanol–water partition coefficient (Wildman–Crippen LogP) is 3.37. The fourth-order valence-corrected chi connectivity index (χ4v) is 2.47. The molecule has 1 fully saturated rings. The minimum Gasteiger partial charge on any atom is -0.493 e. The van der Waals surface area contributed by atoms with E-state index in [2.05, 4.69) is 11.4 Å². The molecule has 3 rings (SSSR count). The molecule has 0 unspecified atom stereocenters. The quantitative estimate of drug-likeness (QED) is 0.774. The van der Waals surface area contributed by atoms with E-state index in [9.17, 15) is 0 Å². The van der Waals surface area contributed by atoms with Gasteiger partial charge in [-0.15, -0.1) is 0 Å². The van der Waals surface area contributed by atoms with Gasteiger partial charge >= 0.3 is 0 Å². The summed E-state index contributed by atoms with van der Waals surface area (Å²) in [4.78, 5) is 0. The summed E-state index contributed by atoms with van der Waals surface area (Å²) in [5.74, 6) is 1.77. The molecule has 2 aromatic rings. The van der Waals surface area contributed by atoms with Crippen LogP contribution in [0, 0.1) is 5.92 Å². The summed E-state index contributed by atoms with van der Waals surface area (Å²) in [6, 6.07) is 6.06. The fourth-order valence-electron chi connectivity index (χ4n) is 2.47. The van der Waals surface area contributed by atoms with E-state index in [1.165, 1.54) is 30.3 Å². The maximum absolute atomic E-state index is 5.63. The molecule has 0 spiro atoms. The van der Waals surface area contributed by atoms with Crippen molar-refractivity contribution in [1.29, 1.82) is 0 Å². The van der Waals surface area contributed by atoms with Crippen molar-refractivity contribution < 1.29 is 9.15 Å². The Morgan fingerprint density at radius 3 is 3.05 bits per heavy atom. The number of fused-ring (bicyclic) bond motifs is 1. The molecular weight excluding hydrogens is 238 g/mol. The van der Waals surface area contributed by atoms with Crippen molar-refractivity contribution in [2.45, 2.75) is 25.7 Å². The number of rotatable bonds is 7. The van der Waals surface area contributed by atoms with Crippen molar-refractivity contribution in [2.24, 2.45) is 5.92 Å². The zero-order chi connectivity index (χ0) is 13.1. The Morgan fingerprint density at radius 1 is 1.37 bits per heavy atom. The number of methoxy groups -OCH3 is 1. The molecule has 1 aromatic carbocycles. The first kappa shape index (κ1) is 12.5. The van der Waals surface area contributed by atoms with E-state index >= 15 is 0 Å². The van der Waals surface area contributed by atoms with Gasteiger partial charge in [0, 0.05) is 5.39 Å². The normalized spacial score (nSPS) is 15.0. The number of aryl methyl sites for hydroxylation is 1. The van der Waals surface area contributed by atoms with Gasteiger partial charge in [0.1, 0.15) is 0 Å². The highest BCUT2D eigenvalue weighted by molar-refractivity contribution is 5.86. The van der Waals surface area contributed by atoms with Crippen molar-refractivity contribution >= 4 is 11.0 Å². The standard InChI is InChI=1S/C16H21NO2/c1-18-15-6-2-5-14-13(11-19-16(14)15)4-3-9-17-10-12-7-8-12/h2,5-6,11-12,17H,3-4,7-10H2,1H3. The molecule has 3 nitrogen and oxygen atoms in total. The molecular formula is C16H21NO2. The van der Waals surface area contributed by atoms with E-state index in [0.717, 1.165) is 36.6 Å². The van der Waals surface area contributed by atoms with Gasteiger partial charge in [0.15, 0.2) is 11.3 Å². The lowest BCUT2D eigenvalue weighted by Crippen LogP contribution is -2.18. The van der Waals surface area contributed by atoms with E-state index in [-0.39, 0.29) is 0 Å². The zero-order valence-corrected chi connectivity index (χ0v) is 11.4. The zero-order valence-electron chi connectivity index (χ0n) is 11.4. The SMILES string of the molecule is COc1cccc2c(CCCNCC3CC3)coc12. The Hall–Kier alpha value is -1.48. The molecule has 0 radical (unpaired) electrons. The molecule has 0 bridgehead atoms. The van der Waals surface area contributed by atoms with Gasteiger partial charge in [0.05, 0.1) is 13.4 Å². The second-order valence-corrected chi connectivity index (χ2v) is 5.35. The van der Waals surface area contributed by atoms with Crippen LogP contribution in [0.5, 0.6) is 5.75 Å². The molecule has 3 heteroatoms. The second-order valence-electron chi connectivity index (χ2n) is 5.35. The van der Waals surface area contributed by atoms with Crippen molar-refractivity contribution in [3.05, 3.63) is 30.0 Å². The van der Waals surface area contributed by atoms with E-state index < -0.39 is 0 Å². The van der Waals surface area contributed by atoms with Gasteiger partial charge in [-0.3, -0.25) is 0 Å². The lowest BCUT2D eigenvalue weighted by atomic mass is 10.1. The average Bonchev–Trinajstić information content (AvgIpc) is 3.17. The van der Waals surface area contributed by atoms with Crippen LogP contribution in [0.3, 0.4) is 0 Å². The first-order valence-electron chi connectivity index (χ1n) is 7.12. The molecule has 0 saturated heterocycles. The Bertz CT molecular complexity index is 543. The van der Waals surface area contributed by atoms with Gasteiger partial charge in [-0.2, -0.15) is 0 Å². The molecule has 1 aliphatic rings. The maximum atomic E-state index is 5.63. The lowest BCUT2D eigenvalue weighted by Gasteiger charge is -2.03. The summed E-state index contributed by atoms with van der Waals surface area (Å²) >= 11 is 0. The third-order valence-corrected chi connectivity index (χ3v) is 3.79. The average molecular weight is 259 g/mol. The maximum Gasteiger partial charge on any atom is 0.175 e. The van der Waals surface area contributed by atoms with Crippen molar-refractivity contribution in [2.75, 3.05) is 20.2 Å². The van der Waals surface area contributed by atoms with Crippen LogP contribution in [0.1, 0.15) is 24.8 Å². The predicted molar refractivity (Wildman–Crippen MR) is 76.7 cm³/mol. The van der Waals surface area contributed by atoms with Crippen LogP contribution in [0.4, 0.5) is 0 Å². The van der Waals surface area contributed by atoms with Gasteiger partial charge in [0.25, 0.3) is 0 Å². The molecule has 19 heavy (non-hydrogen) atoms. The number of ether oxygens (including phenoxy) is 1. The number of hydrogen-bond donors (Lipinski definition) is 1. The molecule has 1 aliphatic carbocycles. The first-order chi connectivity index (χ1) is 9.38. The molecule has 0 atom stereocenters. The smallest absolute Gasteiger partial charge is 0.175 e. The number of hydrogen-bond acceptors (Lipinski definition) is 3. The minimum absolute atomic E-state index is 0.815. The Kier molecular flexibility index (Phi) is 3.74. The first-order valence-corrected chi connectivity index (χ1v) is 7.12. The molecule has 1 N–H and O–H groups in total. The number of benzene rings is 1. The summed E-state index contributed by atoms with van der Waals surface area (Å²) in [5, 5.41) is 4.71. The summed E-state index contributed by atoms with van der Waals surface area (Å²) < 4.78 is 10.9. The second kappa shape index (κ2) is 5.66. The third kappa shape index (κ3) is 2.92. The molecule has 0 aliphatic heterocycles. The highest BCUT2D eigenvalue weighted by Crippen LogP contribution is 2.30. The number of nitrogens with one attached hydrogen (secondary N) is 1. The lowest BCUT2D eigenvalue weighted by molar-refractivity contribution is 0.410. The number of para-hydroxylation sites is 1. The van der Waals surface area contributed by atoms with Crippen LogP contribution < -0.4 is 10.1 Å². The van der Waals surface area contributed by atoms with Gasteiger partial charge in [0.2, 0.25) is 0 Å². The molecule has 1 aromatic heterocycles. The van der Waals surface area contributed by atoms with Gasteiger partial charge in [-0.05, 0) is 56.3 Å². The number of furan rings is 1. The molecule has 1 saturated carbocycles.